The van der Waals surface area contributed by atoms with E-state index in [9.17, 15) is 0 Å². The second-order valence-corrected chi connectivity index (χ2v) is 5.02. The number of halogens is 1. The number of aromatic nitrogens is 2. The highest BCUT2D eigenvalue weighted by atomic mass is 79.9. The Balaban J connectivity index is 2.10. The van der Waals surface area contributed by atoms with Crippen LogP contribution in [0, 0.1) is 0 Å². The quantitative estimate of drug-likeness (QED) is 0.789. The highest BCUT2D eigenvalue weighted by molar-refractivity contribution is 9.10. The number of benzene rings is 2. The fourth-order valence-electron chi connectivity index (χ4n) is 1.95. The number of fused-ring (bicyclic) bond motifs is 1. The van der Waals surface area contributed by atoms with Crippen LogP contribution in [0.3, 0.4) is 0 Å². The van der Waals surface area contributed by atoms with Crippen molar-refractivity contribution >= 4 is 26.7 Å². The van der Waals surface area contributed by atoms with Gasteiger partial charge in [-0.05, 0) is 35.0 Å². The van der Waals surface area contributed by atoms with E-state index in [1.807, 2.05) is 22.9 Å². The van der Waals surface area contributed by atoms with Crippen molar-refractivity contribution in [3.63, 3.8) is 0 Å². The molecular formula is C14H11BrN2O. The SMILES string of the molecule is OCc1cn(-c2ccc3cc(Br)ccc3c2)cn1. The molecule has 0 atom stereocenters. The van der Waals surface area contributed by atoms with E-state index in [0.29, 0.717) is 5.69 Å². The van der Waals surface area contributed by atoms with E-state index in [1.54, 1.807) is 6.33 Å². The molecule has 18 heavy (non-hydrogen) atoms. The predicted octanol–water partition coefficient (Wildman–Crippen LogP) is 3.28. The summed E-state index contributed by atoms with van der Waals surface area (Å²) in [5.74, 6) is 0. The first kappa shape index (κ1) is 11.4. The molecule has 3 aromatic rings. The Morgan fingerprint density at radius 1 is 1.11 bits per heavy atom. The van der Waals surface area contributed by atoms with Crippen molar-refractivity contribution in [1.82, 2.24) is 9.55 Å². The van der Waals surface area contributed by atoms with Crippen LogP contribution in [0.2, 0.25) is 0 Å². The average molecular weight is 303 g/mol. The molecule has 0 saturated carbocycles. The van der Waals surface area contributed by atoms with Gasteiger partial charge in [0.15, 0.2) is 0 Å². The second kappa shape index (κ2) is 4.55. The maximum atomic E-state index is 9.02. The summed E-state index contributed by atoms with van der Waals surface area (Å²) in [6.45, 7) is -0.0342. The third kappa shape index (κ3) is 2.05. The van der Waals surface area contributed by atoms with Crippen LogP contribution in [0.4, 0.5) is 0 Å². The van der Waals surface area contributed by atoms with Crippen molar-refractivity contribution in [2.75, 3.05) is 0 Å². The van der Waals surface area contributed by atoms with Gasteiger partial charge in [0.25, 0.3) is 0 Å². The minimum absolute atomic E-state index is 0.0342. The largest absolute Gasteiger partial charge is 0.390 e. The zero-order valence-corrected chi connectivity index (χ0v) is 11.1. The third-order valence-electron chi connectivity index (χ3n) is 2.88. The second-order valence-electron chi connectivity index (χ2n) is 4.11. The summed E-state index contributed by atoms with van der Waals surface area (Å²) in [5, 5.41) is 11.4. The highest BCUT2D eigenvalue weighted by Crippen LogP contribution is 2.22. The van der Waals surface area contributed by atoms with Crippen LogP contribution in [-0.2, 0) is 6.61 Å². The van der Waals surface area contributed by atoms with Gasteiger partial charge in [0.2, 0.25) is 0 Å². The molecular weight excluding hydrogens is 292 g/mol. The van der Waals surface area contributed by atoms with Gasteiger partial charge in [0, 0.05) is 16.4 Å². The zero-order chi connectivity index (χ0) is 12.5. The summed E-state index contributed by atoms with van der Waals surface area (Å²) in [5.41, 5.74) is 1.71. The van der Waals surface area contributed by atoms with E-state index in [1.165, 1.54) is 10.8 Å². The summed E-state index contributed by atoms with van der Waals surface area (Å²) in [4.78, 5) is 4.11. The Morgan fingerprint density at radius 2 is 1.89 bits per heavy atom. The predicted molar refractivity (Wildman–Crippen MR) is 74.7 cm³/mol. The molecule has 0 unspecified atom stereocenters. The zero-order valence-electron chi connectivity index (χ0n) is 9.55. The summed E-state index contributed by atoms with van der Waals surface area (Å²) >= 11 is 3.47. The van der Waals surface area contributed by atoms with E-state index in [2.05, 4.69) is 45.2 Å². The molecule has 0 saturated heterocycles. The Bertz CT molecular complexity index is 706. The molecule has 1 N–H and O–H groups in total. The maximum Gasteiger partial charge on any atom is 0.0996 e. The molecule has 4 heteroatoms. The number of aliphatic hydroxyl groups is 1. The van der Waals surface area contributed by atoms with Crippen LogP contribution in [-0.4, -0.2) is 14.7 Å². The van der Waals surface area contributed by atoms with E-state index in [-0.39, 0.29) is 6.61 Å². The van der Waals surface area contributed by atoms with Gasteiger partial charge in [-0.3, -0.25) is 0 Å². The van der Waals surface area contributed by atoms with Crippen LogP contribution >= 0.6 is 15.9 Å². The first-order valence-corrected chi connectivity index (χ1v) is 6.39. The number of hydrogen-bond donors (Lipinski definition) is 1. The molecule has 0 fully saturated rings. The minimum atomic E-state index is -0.0342. The Morgan fingerprint density at radius 3 is 2.67 bits per heavy atom. The summed E-state index contributed by atoms with van der Waals surface area (Å²) in [6.07, 6.45) is 3.55. The monoisotopic (exact) mass is 302 g/mol. The molecule has 2 aromatic carbocycles. The normalized spacial score (nSPS) is 11.0. The molecule has 0 bridgehead atoms. The lowest BCUT2D eigenvalue weighted by atomic mass is 10.1. The molecule has 90 valence electrons. The first-order chi connectivity index (χ1) is 8.76. The average Bonchev–Trinajstić information content (AvgIpc) is 2.87. The maximum absolute atomic E-state index is 9.02. The molecule has 3 rings (SSSR count). The lowest BCUT2D eigenvalue weighted by Gasteiger charge is -2.04. The van der Waals surface area contributed by atoms with Gasteiger partial charge in [-0.1, -0.05) is 28.1 Å². The first-order valence-electron chi connectivity index (χ1n) is 5.60. The Kier molecular flexibility index (Phi) is 2.89. The van der Waals surface area contributed by atoms with Gasteiger partial charge in [-0.15, -0.1) is 0 Å². The molecule has 1 aromatic heterocycles. The molecule has 0 spiro atoms. The third-order valence-corrected chi connectivity index (χ3v) is 3.38. The van der Waals surface area contributed by atoms with Crippen molar-refractivity contribution in [3.05, 3.63) is 59.1 Å². The number of nitrogens with zero attached hydrogens (tertiary/aromatic N) is 2. The Hall–Kier alpha value is -1.65. The molecule has 0 radical (unpaired) electrons. The fourth-order valence-corrected chi connectivity index (χ4v) is 2.33. The van der Waals surface area contributed by atoms with Crippen LogP contribution in [0.15, 0.2) is 53.4 Å². The summed E-state index contributed by atoms with van der Waals surface area (Å²) in [6, 6.07) is 12.4. The highest BCUT2D eigenvalue weighted by Gasteiger charge is 2.01. The van der Waals surface area contributed by atoms with Crippen LogP contribution < -0.4 is 0 Å². The molecule has 0 amide bonds. The van der Waals surface area contributed by atoms with Gasteiger partial charge >= 0.3 is 0 Å². The van der Waals surface area contributed by atoms with Gasteiger partial charge in [-0.2, -0.15) is 0 Å². The van der Waals surface area contributed by atoms with Gasteiger partial charge < -0.3 is 9.67 Å². The van der Waals surface area contributed by atoms with Gasteiger partial charge in [0.05, 0.1) is 18.6 Å². The minimum Gasteiger partial charge on any atom is -0.390 e. The van der Waals surface area contributed by atoms with Crippen molar-refractivity contribution in [3.8, 4) is 5.69 Å². The molecule has 1 heterocycles. The molecule has 0 aliphatic carbocycles. The molecule has 0 aliphatic rings. The van der Waals surface area contributed by atoms with E-state index in [4.69, 9.17) is 5.11 Å². The summed E-state index contributed by atoms with van der Waals surface area (Å²) in [7, 11) is 0. The standard InChI is InChI=1S/C14H11BrN2O/c15-12-3-1-11-6-14(4-2-10(11)5-12)17-7-13(8-18)16-9-17/h1-7,9,18H,8H2. The Labute approximate surface area is 113 Å². The number of hydrogen-bond acceptors (Lipinski definition) is 2. The lowest BCUT2D eigenvalue weighted by molar-refractivity contribution is 0.277. The smallest absolute Gasteiger partial charge is 0.0996 e. The van der Waals surface area contributed by atoms with Crippen LogP contribution in [0.1, 0.15) is 5.69 Å². The fraction of sp³-hybridized carbons (Fsp3) is 0.0714. The van der Waals surface area contributed by atoms with E-state index >= 15 is 0 Å². The number of aliphatic hydroxyl groups excluding tert-OH is 1. The van der Waals surface area contributed by atoms with E-state index in [0.717, 1.165) is 10.2 Å². The van der Waals surface area contributed by atoms with Crippen molar-refractivity contribution in [2.45, 2.75) is 6.61 Å². The number of imidazole rings is 1. The molecule has 0 aliphatic heterocycles. The van der Waals surface area contributed by atoms with Crippen molar-refractivity contribution in [2.24, 2.45) is 0 Å². The van der Waals surface area contributed by atoms with Crippen molar-refractivity contribution in [1.29, 1.82) is 0 Å². The van der Waals surface area contributed by atoms with Crippen molar-refractivity contribution < 1.29 is 5.11 Å². The topological polar surface area (TPSA) is 38.0 Å². The van der Waals surface area contributed by atoms with E-state index < -0.39 is 0 Å². The van der Waals surface area contributed by atoms with Gasteiger partial charge in [0.1, 0.15) is 0 Å². The summed E-state index contributed by atoms with van der Waals surface area (Å²) < 4.78 is 2.99. The number of rotatable bonds is 2. The van der Waals surface area contributed by atoms with Gasteiger partial charge in [-0.25, -0.2) is 4.98 Å². The van der Waals surface area contributed by atoms with Crippen LogP contribution in [0.5, 0.6) is 0 Å². The lowest BCUT2D eigenvalue weighted by Crippen LogP contribution is -1.89. The molecule has 3 nitrogen and oxygen atoms in total. The van der Waals surface area contributed by atoms with Crippen LogP contribution in [0.25, 0.3) is 16.5 Å².